The van der Waals surface area contributed by atoms with Gasteiger partial charge in [0.25, 0.3) is 5.56 Å². The lowest BCUT2D eigenvalue weighted by molar-refractivity contribution is 0.478. The highest BCUT2D eigenvalue weighted by Crippen LogP contribution is 2.29. The molecule has 1 aliphatic rings. The number of nitrogens with one attached hydrogen (secondary N) is 3. The molecule has 39 heavy (non-hydrogen) atoms. The molecule has 3 heterocycles. The van der Waals surface area contributed by atoms with Gasteiger partial charge in [0, 0.05) is 36.3 Å². The van der Waals surface area contributed by atoms with Crippen LogP contribution in [-0.2, 0) is 22.3 Å². The molecule has 1 aliphatic heterocycles. The lowest BCUT2D eigenvalue weighted by atomic mass is 10.0. The van der Waals surface area contributed by atoms with Crippen molar-refractivity contribution in [2.75, 3.05) is 23.1 Å². The van der Waals surface area contributed by atoms with E-state index in [1.54, 1.807) is 37.3 Å². The van der Waals surface area contributed by atoms with E-state index in [4.69, 9.17) is 0 Å². The summed E-state index contributed by atoms with van der Waals surface area (Å²) in [5.41, 5.74) is -0.596. The molecule has 0 radical (unpaired) electrons. The van der Waals surface area contributed by atoms with E-state index in [9.17, 15) is 13.2 Å². The van der Waals surface area contributed by atoms with Crippen molar-refractivity contribution >= 4 is 32.7 Å². The van der Waals surface area contributed by atoms with Gasteiger partial charge in [-0.3, -0.25) is 14.1 Å². The Morgan fingerprint density at radius 2 is 1.90 bits per heavy atom. The van der Waals surface area contributed by atoms with Crippen LogP contribution in [0, 0.1) is 11.6 Å². The van der Waals surface area contributed by atoms with Crippen LogP contribution in [0.5, 0.6) is 0 Å². The molecule has 4 aromatic rings. The van der Waals surface area contributed by atoms with Gasteiger partial charge >= 0.3 is 0 Å². The molecule has 12 heteroatoms. The van der Waals surface area contributed by atoms with Gasteiger partial charge in [-0.15, -0.1) is 0 Å². The summed E-state index contributed by atoms with van der Waals surface area (Å²) in [6.07, 6.45) is 3.54. The first-order valence-corrected chi connectivity index (χ1v) is 14.3. The molecule has 204 valence electrons. The average molecular weight is 555 g/mol. The van der Waals surface area contributed by atoms with Crippen LogP contribution in [0.25, 0.3) is 22.2 Å². The Hall–Kier alpha value is -3.90. The zero-order chi connectivity index (χ0) is 27.6. The summed E-state index contributed by atoms with van der Waals surface area (Å²) in [7, 11) is -4.02. The topological polar surface area (TPSA) is 118 Å². The zero-order valence-electron chi connectivity index (χ0n) is 21.2. The second-order valence-corrected chi connectivity index (χ2v) is 11.1. The number of hydrogen-bond donors (Lipinski definition) is 3. The molecule has 0 spiro atoms. The number of anilines is 2. The predicted molar refractivity (Wildman–Crippen MR) is 147 cm³/mol. The number of sulfonamides is 1. The smallest absolute Gasteiger partial charge is 0.260 e. The van der Waals surface area contributed by atoms with E-state index in [2.05, 4.69) is 25.3 Å². The summed E-state index contributed by atoms with van der Waals surface area (Å²) in [6.45, 7) is 3.75. The minimum Gasteiger partial charge on any atom is -0.350 e. The van der Waals surface area contributed by atoms with Crippen LogP contribution in [0.4, 0.5) is 20.4 Å². The van der Waals surface area contributed by atoms with Crippen LogP contribution in [0.3, 0.4) is 0 Å². The van der Waals surface area contributed by atoms with E-state index >= 15 is 8.78 Å². The van der Waals surface area contributed by atoms with Crippen LogP contribution >= 0.6 is 0 Å². The minimum atomic E-state index is -4.02. The molecule has 0 bridgehead atoms. The molecule has 9 nitrogen and oxygen atoms in total. The molecular weight excluding hydrogens is 526 g/mol. The number of fused-ring (bicyclic) bond motifs is 1. The van der Waals surface area contributed by atoms with Crippen LogP contribution in [0.15, 0.2) is 59.5 Å². The summed E-state index contributed by atoms with van der Waals surface area (Å²) in [4.78, 5) is 22.3. The number of hydrogen-bond acceptors (Lipinski definition) is 7. The molecule has 2 aromatic heterocycles. The maximum atomic E-state index is 15.3. The second-order valence-electron chi connectivity index (χ2n) is 9.40. The Bertz CT molecular complexity index is 1670. The first-order valence-electron chi connectivity index (χ1n) is 12.7. The third kappa shape index (κ3) is 5.76. The number of nitrogens with zero attached hydrogens (tertiary/aromatic N) is 3. The Labute approximate surface area is 224 Å². The predicted octanol–water partition coefficient (Wildman–Crippen LogP) is 3.86. The van der Waals surface area contributed by atoms with Crippen molar-refractivity contribution in [3.8, 4) is 11.1 Å². The normalized spacial score (nSPS) is 15.8. The molecular formula is C27H28F2N6O3S. The highest BCUT2D eigenvalue weighted by molar-refractivity contribution is 7.91. The number of pyridine rings is 1. The standard InChI is InChI=1S/C27H28F2N6O3S/c1-2-35-25-18(14-31-27(33-25)32-19-9-6-12-30-15-19)13-21(26(35)36)20-10-11-22(24(29)23(20)28)34-39(37,38)16-17-7-4-3-5-8-17/h3-5,7-8,10-11,13-14,19,30,34H,2,6,9,12,15-16H2,1H3,(H,31,32,33)/t19-/m0/s1. The van der Waals surface area contributed by atoms with Crippen LogP contribution in [0.1, 0.15) is 25.3 Å². The van der Waals surface area contributed by atoms with Crippen LogP contribution in [0.2, 0.25) is 0 Å². The fraction of sp³-hybridized carbons (Fsp3) is 0.296. The zero-order valence-corrected chi connectivity index (χ0v) is 22.1. The Balaban J connectivity index is 1.47. The monoisotopic (exact) mass is 554 g/mol. The highest BCUT2D eigenvalue weighted by atomic mass is 32.2. The SMILES string of the molecule is CCn1c(=O)c(-c2ccc(NS(=O)(=O)Cc3ccccc3)c(F)c2F)cc2cnc(N[C@H]3CCCNC3)nc21. The van der Waals surface area contributed by atoms with Crippen molar-refractivity contribution < 1.29 is 17.2 Å². The maximum absolute atomic E-state index is 15.3. The largest absolute Gasteiger partial charge is 0.350 e. The number of rotatable bonds is 8. The van der Waals surface area contributed by atoms with E-state index in [-0.39, 0.29) is 23.7 Å². The fourth-order valence-electron chi connectivity index (χ4n) is 4.71. The van der Waals surface area contributed by atoms with Crippen molar-refractivity contribution in [3.05, 3.63) is 82.3 Å². The molecule has 0 unspecified atom stereocenters. The third-order valence-electron chi connectivity index (χ3n) is 6.61. The minimum absolute atomic E-state index is 0.0831. The van der Waals surface area contributed by atoms with Gasteiger partial charge in [-0.25, -0.2) is 22.2 Å². The molecule has 1 atom stereocenters. The van der Waals surface area contributed by atoms with Crippen LogP contribution < -0.4 is 20.9 Å². The van der Waals surface area contributed by atoms with Crippen molar-refractivity contribution in [2.24, 2.45) is 0 Å². The quantitative estimate of drug-likeness (QED) is 0.303. The lowest BCUT2D eigenvalue weighted by Crippen LogP contribution is -2.38. The molecule has 1 saturated heterocycles. The summed E-state index contributed by atoms with van der Waals surface area (Å²) >= 11 is 0. The molecule has 0 amide bonds. The highest BCUT2D eigenvalue weighted by Gasteiger charge is 2.22. The van der Waals surface area contributed by atoms with Gasteiger partial charge < -0.3 is 10.6 Å². The Morgan fingerprint density at radius 3 is 2.62 bits per heavy atom. The molecule has 1 fully saturated rings. The Morgan fingerprint density at radius 1 is 1.10 bits per heavy atom. The van der Waals surface area contributed by atoms with E-state index in [0.717, 1.165) is 32.0 Å². The number of benzene rings is 2. The first kappa shape index (κ1) is 26.7. The Kier molecular flexibility index (Phi) is 7.58. The average Bonchev–Trinajstić information content (AvgIpc) is 2.92. The molecule has 3 N–H and O–H groups in total. The van der Waals surface area contributed by atoms with Gasteiger partial charge in [0.1, 0.15) is 5.65 Å². The van der Waals surface area contributed by atoms with Gasteiger partial charge in [0.05, 0.1) is 17.0 Å². The first-order chi connectivity index (χ1) is 18.8. The lowest BCUT2D eigenvalue weighted by Gasteiger charge is -2.23. The molecule has 0 aliphatic carbocycles. The fourth-order valence-corrected chi connectivity index (χ4v) is 5.90. The van der Waals surface area contributed by atoms with Crippen molar-refractivity contribution in [1.82, 2.24) is 19.9 Å². The second kappa shape index (κ2) is 11.1. The summed E-state index contributed by atoms with van der Waals surface area (Å²) in [5, 5.41) is 7.07. The molecule has 0 saturated carbocycles. The summed E-state index contributed by atoms with van der Waals surface area (Å²) in [5.74, 6) is -2.76. The summed E-state index contributed by atoms with van der Waals surface area (Å²) in [6, 6.07) is 12.2. The number of aromatic nitrogens is 3. The van der Waals surface area contributed by atoms with Crippen LogP contribution in [-0.4, -0.2) is 42.1 Å². The van der Waals surface area contributed by atoms with Gasteiger partial charge in [-0.2, -0.15) is 4.98 Å². The van der Waals surface area contributed by atoms with Crippen molar-refractivity contribution in [1.29, 1.82) is 0 Å². The van der Waals surface area contributed by atoms with Gasteiger partial charge in [0.2, 0.25) is 16.0 Å². The van der Waals surface area contributed by atoms with Gasteiger partial charge in [-0.1, -0.05) is 30.3 Å². The number of halogens is 2. The number of aryl methyl sites for hydroxylation is 1. The van der Waals surface area contributed by atoms with Crippen molar-refractivity contribution in [2.45, 2.75) is 38.1 Å². The van der Waals surface area contributed by atoms with Crippen molar-refractivity contribution in [3.63, 3.8) is 0 Å². The maximum Gasteiger partial charge on any atom is 0.260 e. The third-order valence-corrected chi connectivity index (χ3v) is 7.86. The van der Waals surface area contributed by atoms with E-state index in [1.807, 2.05) is 0 Å². The van der Waals surface area contributed by atoms with Gasteiger partial charge in [0.15, 0.2) is 11.6 Å². The van der Waals surface area contributed by atoms with E-state index in [0.29, 0.717) is 22.5 Å². The molecule has 5 rings (SSSR count). The van der Waals surface area contributed by atoms with E-state index < -0.39 is 38.7 Å². The summed E-state index contributed by atoms with van der Waals surface area (Å²) < 4.78 is 58.9. The molecule has 2 aromatic carbocycles. The van der Waals surface area contributed by atoms with Gasteiger partial charge in [-0.05, 0) is 50.1 Å². The van der Waals surface area contributed by atoms with E-state index in [1.165, 1.54) is 22.9 Å². The number of piperidine rings is 1.